The van der Waals surface area contributed by atoms with Gasteiger partial charge in [-0.1, -0.05) is 29.8 Å². The van der Waals surface area contributed by atoms with Crippen LogP contribution in [0.5, 0.6) is 0 Å². The molecule has 23 heavy (non-hydrogen) atoms. The number of rotatable bonds is 5. The molecule has 2 amide bonds. The minimum absolute atomic E-state index is 0.118. The summed E-state index contributed by atoms with van der Waals surface area (Å²) in [5.41, 5.74) is 2.18. The number of anilines is 1. The van der Waals surface area contributed by atoms with Gasteiger partial charge in [-0.25, -0.2) is 0 Å². The summed E-state index contributed by atoms with van der Waals surface area (Å²) in [4.78, 5) is 23.8. The van der Waals surface area contributed by atoms with Crippen molar-refractivity contribution >= 4 is 29.1 Å². The first kappa shape index (κ1) is 15.6. The molecule has 0 atom stereocenters. The molecule has 0 unspecified atom stereocenters. The molecule has 0 aromatic heterocycles. The van der Waals surface area contributed by atoms with Gasteiger partial charge in [0.25, 0.3) is 5.91 Å². The number of benzene rings is 2. The van der Waals surface area contributed by atoms with Gasteiger partial charge in [-0.2, -0.15) is 0 Å². The van der Waals surface area contributed by atoms with Crippen molar-refractivity contribution in [1.29, 1.82) is 0 Å². The van der Waals surface area contributed by atoms with E-state index in [1.807, 2.05) is 12.1 Å². The first-order chi connectivity index (χ1) is 11.1. The molecular formula is C18H17ClN2O2. The third-order valence-electron chi connectivity index (χ3n) is 3.71. The molecule has 3 rings (SSSR count). The van der Waals surface area contributed by atoms with E-state index in [1.165, 1.54) is 0 Å². The van der Waals surface area contributed by atoms with Gasteiger partial charge in [0.1, 0.15) is 0 Å². The van der Waals surface area contributed by atoms with Crippen molar-refractivity contribution in [3.8, 4) is 0 Å². The van der Waals surface area contributed by atoms with Crippen LogP contribution >= 0.6 is 11.6 Å². The van der Waals surface area contributed by atoms with Crippen LogP contribution in [0.15, 0.2) is 48.5 Å². The van der Waals surface area contributed by atoms with E-state index in [2.05, 4.69) is 10.6 Å². The Kier molecular flexibility index (Phi) is 4.63. The van der Waals surface area contributed by atoms with Crippen molar-refractivity contribution in [3.63, 3.8) is 0 Å². The number of carbonyl (C=O) groups is 2. The van der Waals surface area contributed by atoms with E-state index in [9.17, 15) is 9.59 Å². The molecule has 0 spiro atoms. The van der Waals surface area contributed by atoms with Crippen molar-refractivity contribution < 1.29 is 9.59 Å². The lowest BCUT2D eigenvalue weighted by molar-refractivity contribution is -0.122. The molecule has 2 aromatic rings. The highest BCUT2D eigenvalue weighted by atomic mass is 35.5. The van der Waals surface area contributed by atoms with Crippen LogP contribution in [0.2, 0.25) is 5.02 Å². The van der Waals surface area contributed by atoms with Gasteiger partial charge in [-0.3, -0.25) is 9.59 Å². The third-order valence-corrected chi connectivity index (χ3v) is 3.95. The smallest absolute Gasteiger partial charge is 0.255 e. The summed E-state index contributed by atoms with van der Waals surface area (Å²) in [6.07, 6.45) is 1.99. The second kappa shape index (κ2) is 6.84. The lowest BCUT2D eigenvalue weighted by atomic mass is 10.1. The highest BCUT2D eigenvalue weighted by Crippen LogP contribution is 2.28. The zero-order valence-electron chi connectivity index (χ0n) is 12.5. The first-order valence-corrected chi connectivity index (χ1v) is 7.93. The minimum Gasteiger partial charge on any atom is -0.352 e. The molecule has 2 aromatic carbocycles. The van der Waals surface area contributed by atoms with E-state index in [1.54, 1.807) is 36.4 Å². The zero-order valence-corrected chi connectivity index (χ0v) is 13.3. The number of hydrogen-bond donors (Lipinski definition) is 2. The summed E-state index contributed by atoms with van der Waals surface area (Å²) in [5, 5.41) is 6.27. The summed E-state index contributed by atoms with van der Waals surface area (Å²) >= 11 is 5.90. The summed E-state index contributed by atoms with van der Waals surface area (Å²) in [5.74, 6) is 0.131. The van der Waals surface area contributed by atoms with E-state index in [-0.39, 0.29) is 17.7 Å². The van der Waals surface area contributed by atoms with Crippen molar-refractivity contribution in [2.75, 3.05) is 5.32 Å². The molecule has 5 heteroatoms. The van der Waals surface area contributed by atoms with Crippen LogP contribution in [-0.2, 0) is 11.3 Å². The van der Waals surface area contributed by atoms with E-state index in [0.29, 0.717) is 22.8 Å². The van der Waals surface area contributed by atoms with Gasteiger partial charge in [0.15, 0.2) is 0 Å². The maximum Gasteiger partial charge on any atom is 0.255 e. The van der Waals surface area contributed by atoms with Crippen LogP contribution in [0.25, 0.3) is 0 Å². The molecule has 1 fully saturated rings. The summed E-state index contributed by atoms with van der Waals surface area (Å²) in [6.45, 7) is 0.492. The maximum atomic E-state index is 12.2. The van der Waals surface area contributed by atoms with E-state index in [4.69, 9.17) is 11.6 Å². The zero-order chi connectivity index (χ0) is 16.2. The van der Waals surface area contributed by atoms with Gasteiger partial charge in [0, 0.05) is 28.7 Å². The first-order valence-electron chi connectivity index (χ1n) is 7.55. The molecule has 2 N–H and O–H groups in total. The Morgan fingerprint density at radius 2 is 1.83 bits per heavy atom. The fourth-order valence-corrected chi connectivity index (χ4v) is 2.41. The highest BCUT2D eigenvalue weighted by molar-refractivity contribution is 6.30. The Morgan fingerprint density at radius 3 is 2.48 bits per heavy atom. The van der Waals surface area contributed by atoms with E-state index >= 15 is 0 Å². The topological polar surface area (TPSA) is 58.2 Å². The molecule has 0 radical (unpaired) electrons. The van der Waals surface area contributed by atoms with Gasteiger partial charge in [-0.15, -0.1) is 0 Å². The second-order valence-electron chi connectivity index (χ2n) is 5.65. The monoisotopic (exact) mass is 328 g/mol. The van der Waals surface area contributed by atoms with E-state index in [0.717, 1.165) is 18.4 Å². The van der Waals surface area contributed by atoms with Crippen molar-refractivity contribution in [2.24, 2.45) is 5.92 Å². The summed E-state index contributed by atoms with van der Waals surface area (Å²) in [7, 11) is 0. The molecule has 1 saturated carbocycles. The predicted octanol–water partition coefficient (Wildman–Crippen LogP) is 3.62. The number of nitrogens with one attached hydrogen (secondary N) is 2. The average Bonchev–Trinajstić information content (AvgIpc) is 3.38. The third kappa shape index (κ3) is 4.33. The Labute approximate surface area is 139 Å². The molecule has 0 bridgehead atoms. The predicted molar refractivity (Wildman–Crippen MR) is 90.4 cm³/mol. The normalized spacial score (nSPS) is 13.4. The van der Waals surface area contributed by atoms with Crippen molar-refractivity contribution in [2.45, 2.75) is 19.4 Å². The molecular weight excluding hydrogens is 312 g/mol. The number of halogens is 1. The number of hydrogen-bond acceptors (Lipinski definition) is 2. The van der Waals surface area contributed by atoms with Crippen LogP contribution < -0.4 is 10.6 Å². The molecule has 1 aliphatic rings. The average molecular weight is 329 g/mol. The lowest BCUT2D eigenvalue weighted by Gasteiger charge is -2.07. The molecule has 0 aliphatic heterocycles. The maximum absolute atomic E-state index is 12.2. The Morgan fingerprint density at radius 1 is 1.09 bits per heavy atom. The quantitative estimate of drug-likeness (QED) is 0.880. The van der Waals surface area contributed by atoms with Crippen molar-refractivity contribution in [1.82, 2.24) is 5.32 Å². The molecule has 1 aliphatic carbocycles. The number of amides is 2. The van der Waals surface area contributed by atoms with Crippen LogP contribution in [0.3, 0.4) is 0 Å². The molecule has 0 heterocycles. The van der Waals surface area contributed by atoms with E-state index < -0.39 is 0 Å². The molecule has 4 nitrogen and oxygen atoms in total. The van der Waals surface area contributed by atoms with Crippen LogP contribution in [0.1, 0.15) is 28.8 Å². The minimum atomic E-state index is -0.194. The van der Waals surface area contributed by atoms with Gasteiger partial charge in [0.2, 0.25) is 5.91 Å². The van der Waals surface area contributed by atoms with Crippen molar-refractivity contribution in [3.05, 3.63) is 64.7 Å². The number of carbonyl (C=O) groups excluding carboxylic acids is 2. The highest BCUT2D eigenvalue weighted by Gasteiger charge is 2.29. The Balaban J connectivity index is 1.57. The summed E-state index contributed by atoms with van der Waals surface area (Å²) in [6, 6.07) is 14.2. The fraction of sp³-hybridized carbons (Fsp3) is 0.222. The van der Waals surface area contributed by atoms with Gasteiger partial charge >= 0.3 is 0 Å². The van der Waals surface area contributed by atoms with Crippen LogP contribution in [0.4, 0.5) is 5.69 Å². The molecule has 118 valence electrons. The van der Waals surface area contributed by atoms with Gasteiger partial charge < -0.3 is 10.6 Å². The lowest BCUT2D eigenvalue weighted by Crippen LogP contribution is -2.24. The Hall–Kier alpha value is -2.33. The van der Waals surface area contributed by atoms with Crippen LogP contribution in [-0.4, -0.2) is 11.8 Å². The standard InChI is InChI=1S/C18H17ClN2O2/c19-15-2-1-3-16(10-15)21-18(23)14-6-4-12(5-7-14)11-20-17(22)13-8-9-13/h1-7,10,13H,8-9,11H2,(H,20,22)(H,21,23). The fourth-order valence-electron chi connectivity index (χ4n) is 2.22. The Bertz CT molecular complexity index is 724. The summed E-state index contributed by atoms with van der Waals surface area (Å²) < 4.78 is 0. The molecule has 0 saturated heterocycles. The van der Waals surface area contributed by atoms with Gasteiger partial charge in [0.05, 0.1) is 0 Å². The van der Waals surface area contributed by atoms with Crippen LogP contribution in [0, 0.1) is 5.92 Å². The second-order valence-corrected chi connectivity index (χ2v) is 6.09. The van der Waals surface area contributed by atoms with Gasteiger partial charge in [-0.05, 0) is 48.7 Å². The SMILES string of the molecule is O=C(Nc1cccc(Cl)c1)c1ccc(CNC(=O)C2CC2)cc1. The largest absolute Gasteiger partial charge is 0.352 e.